The average molecular weight is 566 g/mol. The van der Waals surface area contributed by atoms with E-state index in [1.54, 1.807) is 36.4 Å². The molecule has 2 amide bonds. The Kier molecular flexibility index (Phi) is 7.60. The lowest BCUT2D eigenvalue weighted by Gasteiger charge is -2.19. The van der Waals surface area contributed by atoms with Crippen LogP contribution < -0.4 is 15.5 Å². The molecule has 11 nitrogen and oxygen atoms in total. The first-order valence-corrected chi connectivity index (χ1v) is 11.6. The highest BCUT2D eigenvalue weighted by Gasteiger charge is 2.31. The smallest absolute Gasteiger partial charge is 0.292 e. The third kappa shape index (κ3) is 5.82. The summed E-state index contributed by atoms with van der Waals surface area (Å²) in [5, 5.41) is 24.7. The number of phenols is 1. The fourth-order valence-corrected chi connectivity index (χ4v) is 3.92. The minimum atomic E-state index is -0.533. The largest absolute Gasteiger partial charge is 0.503 e. The molecular formula is C25H20BrN5O6. The van der Waals surface area contributed by atoms with Crippen molar-refractivity contribution in [2.45, 2.75) is 0 Å². The molecule has 3 aromatic rings. The molecule has 0 bridgehead atoms. The molecule has 37 heavy (non-hydrogen) atoms. The molecule has 0 radical (unpaired) electrons. The quantitative estimate of drug-likeness (QED) is 0.213. The summed E-state index contributed by atoms with van der Waals surface area (Å²) in [6.45, 7) is -0.277. The molecule has 12 heteroatoms. The van der Waals surface area contributed by atoms with E-state index in [0.29, 0.717) is 27.1 Å². The van der Waals surface area contributed by atoms with Crippen LogP contribution in [0.3, 0.4) is 0 Å². The van der Waals surface area contributed by atoms with Gasteiger partial charge in [-0.2, -0.15) is 0 Å². The number of nitro benzene ring substituents is 1. The Bertz CT molecular complexity index is 1420. The van der Waals surface area contributed by atoms with Crippen LogP contribution in [-0.2, 0) is 9.59 Å². The van der Waals surface area contributed by atoms with E-state index in [1.165, 1.54) is 42.5 Å². The lowest BCUT2D eigenvalue weighted by Crippen LogP contribution is -2.47. The van der Waals surface area contributed by atoms with Gasteiger partial charge in [0.05, 0.1) is 23.1 Å². The summed E-state index contributed by atoms with van der Waals surface area (Å²) in [5.41, 5.74) is 4.38. The van der Waals surface area contributed by atoms with Crippen molar-refractivity contribution in [3.63, 3.8) is 0 Å². The molecule has 0 atom stereocenters. The number of hydrogen-bond donors (Lipinski definition) is 3. The van der Waals surface area contributed by atoms with Crippen LogP contribution in [0.4, 0.5) is 11.4 Å². The number of nitrogens with zero attached hydrogens (tertiary/aromatic N) is 3. The van der Waals surface area contributed by atoms with Crippen molar-refractivity contribution in [1.82, 2.24) is 10.4 Å². The summed E-state index contributed by atoms with van der Waals surface area (Å²) in [4.78, 5) is 40.5. The number of nitro groups is 1. The van der Waals surface area contributed by atoms with Gasteiger partial charge in [0, 0.05) is 23.4 Å². The van der Waals surface area contributed by atoms with Crippen molar-refractivity contribution in [1.29, 1.82) is 0 Å². The molecule has 0 saturated heterocycles. The number of rotatable bonds is 8. The SMILES string of the molecule is COc1cc(/C=C2\N=C(c3ccccc3)N(NCC(=O)Nc3ccc([N+](=O)[O-])cc3)C2=O)cc(Br)c1O. The first-order chi connectivity index (χ1) is 17.8. The van der Waals surface area contributed by atoms with Crippen LogP contribution in [0.5, 0.6) is 11.5 Å². The number of carbonyl (C=O) groups is 2. The van der Waals surface area contributed by atoms with Gasteiger partial charge in [0.25, 0.3) is 11.6 Å². The predicted molar refractivity (Wildman–Crippen MR) is 140 cm³/mol. The Morgan fingerprint density at radius 2 is 1.89 bits per heavy atom. The Hall–Kier alpha value is -4.55. The van der Waals surface area contributed by atoms with Crippen LogP contribution in [0, 0.1) is 10.1 Å². The van der Waals surface area contributed by atoms with Gasteiger partial charge in [0.1, 0.15) is 5.70 Å². The first kappa shape index (κ1) is 25.5. The number of nitrogens with one attached hydrogen (secondary N) is 2. The molecule has 4 rings (SSSR count). The van der Waals surface area contributed by atoms with Crippen molar-refractivity contribution >= 4 is 51.0 Å². The van der Waals surface area contributed by atoms with Crippen LogP contribution in [-0.4, -0.2) is 46.3 Å². The van der Waals surface area contributed by atoms with Crippen molar-refractivity contribution in [3.8, 4) is 11.5 Å². The summed E-state index contributed by atoms with van der Waals surface area (Å²) >= 11 is 3.26. The van der Waals surface area contributed by atoms with Gasteiger partial charge >= 0.3 is 0 Å². The molecule has 1 aliphatic rings. The molecule has 1 heterocycles. The number of amides is 2. The van der Waals surface area contributed by atoms with Gasteiger partial charge in [-0.1, -0.05) is 30.3 Å². The number of halogens is 1. The van der Waals surface area contributed by atoms with Crippen LogP contribution in [0.25, 0.3) is 6.08 Å². The second kappa shape index (κ2) is 11.0. The minimum Gasteiger partial charge on any atom is -0.503 e. The van der Waals surface area contributed by atoms with Gasteiger partial charge in [-0.05, 0) is 51.8 Å². The molecule has 0 aliphatic carbocycles. The Labute approximate surface area is 219 Å². The lowest BCUT2D eigenvalue weighted by atomic mass is 10.1. The fourth-order valence-electron chi connectivity index (χ4n) is 3.46. The summed E-state index contributed by atoms with van der Waals surface area (Å²) < 4.78 is 5.55. The zero-order valence-electron chi connectivity index (χ0n) is 19.3. The van der Waals surface area contributed by atoms with Crippen molar-refractivity contribution in [2.24, 2.45) is 4.99 Å². The summed E-state index contributed by atoms with van der Waals surface area (Å²) in [6, 6.07) is 17.5. The number of methoxy groups -OCH3 is 1. The van der Waals surface area contributed by atoms with E-state index in [2.05, 4.69) is 31.7 Å². The molecule has 1 aliphatic heterocycles. The number of ether oxygens (including phenoxy) is 1. The van der Waals surface area contributed by atoms with E-state index in [0.717, 1.165) is 0 Å². The lowest BCUT2D eigenvalue weighted by molar-refractivity contribution is -0.384. The third-order valence-corrected chi connectivity index (χ3v) is 5.83. The highest BCUT2D eigenvalue weighted by molar-refractivity contribution is 9.10. The number of anilines is 1. The van der Waals surface area contributed by atoms with E-state index in [-0.39, 0.29) is 29.4 Å². The first-order valence-electron chi connectivity index (χ1n) is 10.8. The van der Waals surface area contributed by atoms with Crippen molar-refractivity contribution < 1.29 is 24.4 Å². The maximum atomic E-state index is 13.3. The van der Waals surface area contributed by atoms with Gasteiger partial charge in [-0.25, -0.2) is 15.4 Å². The molecule has 3 N–H and O–H groups in total. The molecule has 0 fully saturated rings. The van der Waals surface area contributed by atoms with E-state index < -0.39 is 16.7 Å². The van der Waals surface area contributed by atoms with Gasteiger partial charge in [0.2, 0.25) is 5.91 Å². The standard InChI is InChI=1S/C25H20BrN5O6/c1-37-21-13-15(11-19(26)23(21)33)12-20-25(34)30(24(29-20)16-5-3-2-4-6-16)27-14-22(32)28-17-7-9-18(10-8-17)31(35)36/h2-13,27,33H,14H2,1H3,(H,28,32)/b20-12-. The zero-order chi connectivity index (χ0) is 26.5. The number of hydrazine groups is 1. The Balaban J connectivity index is 1.55. The summed E-state index contributed by atoms with van der Waals surface area (Å²) in [7, 11) is 1.41. The van der Waals surface area contributed by atoms with E-state index >= 15 is 0 Å². The molecular weight excluding hydrogens is 546 g/mol. The van der Waals surface area contributed by atoms with E-state index in [4.69, 9.17) is 4.74 Å². The second-order valence-electron chi connectivity index (χ2n) is 7.71. The number of carbonyl (C=O) groups excluding carboxylic acids is 2. The molecule has 0 aromatic heterocycles. The van der Waals surface area contributed by atoms with E-state index in [1.807, 2.05) is 6.07 Å². The van der Waals surface area contributed by atoms with Gasteiger partial charge in [0.15, 0.2) is 17.3 Å². The molecule has 0 saturated carbocycles. The molecule has 0 spiro atoms. The maximum Gasteiger partial charge on any atom is 0.292 e. The maximum absolute atomic E-state index is 13.3. The zero-order valence-corrected chi connectivity index (χ0v) is 20.9. The highest BCUT2D eigenvalue weighted by Crippen LogP contribution is 2.36. The monoisotopic (exact) mass is 565 g/mol. The van der Waals surface area contributed by atoms with Crippen LogP contribution in [0.1, 0.15) is 11.1 Å². The Morgan fingerprint density at radius 1 is 1.19 bits per heavy atom. The highest BCUT2D eigenvalue weighted by atomic mass is 79.9. The van der Waals surface area contributed by atoms with Crippen molar-refractivity contribution in [2.75, 3.05) is 19.0 Å². The van der Waals surface area contributed by atoms with Crippen LogP contribution >= 0.6 is 15.9 Å². The number of phenolic OH excluding ortho intramolecular Hbond substituents is 1. The average Bonchev–Trinajstić information content (AvgIpc) is 3.20. The second-order valence-corrected chi connectivity index (χ2v) is 8.57. The summed E-state index contributed by atoms with van der Waals surface area (Å²) in [5.74, 6) is -0.524. The van der Waals surface area contributed by atoms with Gasteiger partial charge in [-0.15, -0.1) is 0 Å². The minimum absolute atomic E-state index is 0.0711. The van der Waals surface area contributed by atoms with Crippen LogP contribution in [0.15, 0.2) is 81.9 Å². The van der Waals surface area contributed by atoms with Crippen LogP contribution in [0.2, 0.25) is 0 Å². The topological polar surface area (TPSA) is 146 Å². The predicted octanol–water partition coefficient (Wildman–Crippen LogP) is 3.84. The number of aliphatic imine (C=N–C) groups is 1. The van der Waals surface area contributed by atoms with Gasteiger partial charge < -0.3 is 15.2 Å². The molecule has 0 unspecified atom stereocenters. The number of aromatic hydroxyl groups is 1. The summed E-state index contributed by atoms with van der Waals surface area (Å²) in [6.07, 6.45) is 1.54. The Morgan fingerprint density at radius 3 is 2.54 bits per heavy atom. The molecule has 188 valence electrons. The third-order valence-electron chi connectivity index (χ3n) is 5.23. The number of hydrogen-bond acceptors (Lipinski definition) is 8. The number of non-ortho nitro benzene ring substituents is 1. The fraction of sp³-hybridized carbons (Fsp3) is 0.0800. The molecule has 3 aromatic carbocycles. The van der Waals surface area contributed by atoms with Crippen molar-refractivity contribution in [3.05, 3.63) is 98.1 Å². The van der Waals surface area contributed by atoms with E-state index in [9.17, 15) is 24.8 Å². The van der Waals surface area contributed by atoms with Gasteiger partial charge in [-0.3, -0.25) is 19.7 Å². The normalized spacial score (nSPS) is 14.0. The number of amidine groups is 1. The number of benzene rings is 3.